The van der Waals surface area contributed by atoms with Gasteiger partial charge in [0, 0.05) is 13.1 Å². The van der Waals surface area contributed by atoms with Crippen LogP contribution in [-0.4, -0.2) is 33.9 Å². The normalized spacial score (nSPS) is 12.4. The molecule has 98 valence electrons. The summed E-state index contributed by atoms with van der Waals surface area (Å²) in [4.78, 5) is 12.3. The van der Waals surface area contributed by atoms with Gasteiger partial charge in [-0.2, -0.15) is 0 Å². The zero-order chi connectivity index (χ0) is 13.5. The summed E-state index contributed by atoms with van der Waals surface area (Å²) >= 11 is 0. The molecule has 4 heteroatoms. The van der Waals surface area contributed by atoms with Crippen molar-refractivity contribution in [3.05, 3.63) is 42.0 Å². The molecule has 0 spiro atoms. The number of aliphatic hydroxyl groups is 1. The predicted molar refractivity (Wildman–Crippen MR) is 70.9 cm³/mol. The Bertz CT molecular complexity index is 415. The minimum absolute atomic E-state index is 0.0150. The summed E-state index contributed by atoms with van der Waals surface area (Å²) in [5.74, 6) is -0.863. The maximum absolute atomic E-state index is 10.6. The number of aliphatic carboxylic acids is 1. The largest absolute Gasteiger partial charge is 0.481 e. The number of rotatable bonds is 7. The van der Waals surface area contributed by atoms with E-state index in [1.807, 2.05) is 24.3 Å². The van der Waals surface area contributed by atoms with Crippen molar-refractivity contribution in [2.75, 3.05) is 6.54 Å². The van der Waals surface area contributed by atoms with Crippen molar-refractivity contribution in [1.82, 2.24) is 4.90 Å². The summed E-state index contributed by atoms with van der Waals surface area (Å²) in [5, 5.41) is 18.3. The Balaban J connectivity index is 2.76. The summed E-state index contributed by atoms with van der Waals surface area (Å²) in [6, 6.07) is 7.73. The molecular formula is C14H19NO3. The molecule has 1 atom stereocenters. The lowest BCUT2D eigenvalue weighted by Gasteiger charge is -2.25. The fourth-order valence-corrected chi connectivity index (χ4v) is 1.73. The third-order valence-corrected chi connectivity index (χ3v) is 2.79. The molecule has 0 saturated heterocycles. The molecule has 1 aromatic carbocycles. The number of hydrogen-bond donors (Lipinski definition) is 2. The van der Waals surface area contributed by atoms with Gasteiger partial charge in [0.25, 0.3) is 0 Å². The second-order valence-corrected chi connectivity index (χ2v) is 4.15. The highest BCUT2D eigenvalue weighted by molar-refractivity contribution is 5.66. The SMILES string of the molecule is C=Cc1ccccc1CN(CCC(=O)O)C(C)O. The molecule has 2 N–H and O–H groups in total. The van der Waals surface area contributed by atoms with Crippen molar-refractivity contribution in [2.45, 2.75) is 26.1 Å². The van der Waals surface area contributed by atoms with Crippen LogP contribution in [0.1, 0.15) is 24.5 Å². The standard InChI is InChI=1S/C14H19NO3/c1-3-12-6-4-5-7-13(12)10-15(11(2)16)9-8-14(17)18/h3-7,11,16H,1,8-10H2,2H3,(H,17,18). The third-order valence-electron chi connectivity index (χ3n) is 2.79. The van der Waals surface area contributed by atoms with E-state index in [4.69, 9.17) is 5.11 Å². The maximum atomic E-state index is 10.6. The number of carboxylic acids is 1. The van der Waals surface area contributed by atoms with Gasteiger partial charge in [0.05, 0.1) is 6.42 Å². The van der Waals surface area contributed by atoms with Crippen LogP contribution in [0.2, 0.25) is 0 Å². The lowest BCUT2D eigenvalue weighted by atomic mass is 10.1. The molecule has 0 aromatic heterocycles. The van der Waals surface area contributed by atoms with Gasteiger partial charge in [-0.3, -0.25) is 9.69 Å². The van der Waals surface area contributed by atoms with E-state index >= 15 is 0 Å². The molecule has 1 unspecified atom stereocenters. The number of benzene rings is 1. The van der Waals surface area contributed by atoms with E-state index < -0.39 is 12.2 Å². The van der Waals surface area contributed by atoms with E-state index in [1.54, 1.807) is 17.9 Å². The van der Waals surface area contributed by atoms with Crippen LogP contribution in [0.5, 0.6) is 0 Å². The number of carboxylic acid groups (broad SMARTS) is 1. The van der Waals surface area contributed by atoms with E-state index in [-0.39, 0.29) is 6.42 Å². The van der Waals surface area contributed by atoms with Gasteiger partial charge in [-0.05, 0) is 18.1 Å². The first-order valence-electron chi connectivity index (χ1n) is 5.89. The highest BCUT2D eigenvalue weighted by Crippen LogP contribution is 2.14. The number of carbonyl (C=O) groups is 1. The zero-order valence-electron chi connectivity index (χ0n) is 10.5. The Morgan fingerprint density at radius 1 is 1.50 bits per heavy atom. The van der Waals surface area contributed by atoms with Gasteiger partial charge < -0.3 is 10.2 Å². The molecule has 0 fully saturated rings. The van der Waals surface area contributed by atoms with Gasteiger partial charge >= 0.3 is 5.97 Å². The Morgan fingerprint density at radius 3 is 2.72 bits per heavy atom. The Kier molecular flexibility index (Phi) is 5.55. The average Bonchev–Trinajstić information content (AvgIpc) is 2.34. The molecule has 0 heterocycles. The summed E-state index contributed by atoms with van der Waals surface area (Å²) in [6.07, 6.45) is 1.09. The van der Waals surface area contributed by atoms with Gasteiger partial charge in [0.15, 0.2) is 0 Å². The Morgan fingerprint density at radius 2 is 2.17 bits per heavy atom. The third kappa shape index (κ3) is 4.31. The van der Waals surface area contributed by atoms with Crippen LogP contribution in [0.3, 0.4) is 0 Å². The lowest BCUT2D eigenvalue weighted by Crippen LogP contribution is -2.34. The molecule has 0 radical (unpaired) electrons. The smallest absolute Gasteiger partial charge is 0.304 e. The van der Waals surface area contributed by atoms with Gasteiger partial charge in [-0.1, -0.05) is 36.9 Å². The molecule has 0 bridgehead atoms. The van der Waals surface area contributed by atoms with Crippen LogP contribution in [0.25, 0.3) is 6.08 Å². The molecule has 1 rings (SSSR count). The molecule has 1 aromatic rings. The van der Waals surface area contributed by atoms with Crippen molar-refractivity contribution < 1.29 is 15.0 Å². The maximum Gasteiger partial charge on any atom is 0.304 e. The zero-order valence-corrected chi connectivity index (χ0v) is 10.5. The van der Waals surface area contributed by atoms with Crippen molar-refractivity contribution in [1.29, 1.82) is 0 Å². The average molecular weight is 249 g/mol. The summed E-state index contributed by atoms with van der Waals surface area (Å²) < 4.78 is 0. The van der Waals surface area contributed by atoms with Gasteiger partial charge in [0.1, 0.15) is 6.23 Å². The van der Waals surface area contributed by atoms with Gasteiger partial charge in [0.2, 0.25) is 0 Å². The lowest BCUT2D eigenvalue weighted by molar-refractivity contribution is -0.138. The number of nitrogens with zero attached hydrogens (tertiary/aromatic N) is 1. The van der Waals surface area contributed by atoms with Crippen LogP contribution in [0.15, 0.2) is 30.8 Å². The predicted octanol–water partition coefficient (Wildman–Crippen LogP) is 1.94. The molecule has 0 amide bonds. The van der Waals surface area contributed by atoms with Crippen molar-refractivity contribution in [2.24, 2.45) is 0 Å². The second-order valence-electron chi connectivity index (χ2n) is 4.15. The van der Waals surface area contributed by atoms with Crippen LogP contribution in [0.4, 0.5) is 0 Å². The van der Waals surface area contributed by atoms with E-state index in [0.29, 0.717) is 13.1 Å². The van der Waals surface area contributed by atoms with Crippen LogP contribution in [-0.2, 0) is 11.3 Å². The minimum atomic E-state index is -0.863. The van der Waals surface area contributed by atoms with E-state index in [1.165, 1.54) is 0 Å². The van der Waals surface area contributed by atoms with Gasteiger partial charge in [-0.15, -0.1) is 0 Å². The molecule has 18 heavy (non-hydrogen) atoms. The molecular weight excluding hydrogens is 230 g/mol. The number of aliphatic hydroxyl groups excluding tert-OH is 1. The van der Waals surface area contributed by atoms with Crippen LogP contribution in [0, 0.1) is 0 Å². The Labute approximate surface area is 107 Å². The van der Waals surface area contributed by atoms with E-state index in [9.17, 15) is 9.90 Å². The van der Waals surface area contributed by atoms with E-state index in [0.717, 1.165) is 11.1 Å². The minimum Gasteiger partial charge on any atom is -0.481 e. The van der Waals surface area contributed by atoms with E-state index in [2.05, 4.69) is 6.58 Å². The Hall–Kier alpha value is -1.65. The highest BCUT2D eigenvalue weighted by Gasteiger charge is 2.14. The molecule has 4 nitrogen and oxygen atoms in total. The first-order chi connectivity index (χ1) is 8.54. The van der Waals surface area contributed by atoms with Crippen molar-refractivity contribution in [3.63, 3.8) is 0 Å². The topological polar surface area (TPSA) is 60.8 Å². The first-order valence-corrected chi connectivity index (χ1v) is 5.89. The summed E-state index contributed by atoms with van der Waals surface area (Å²) in [6.45, 7) is 6.21. The van der Waals surface area contributed by atoms with Gasteiger partial charge in [-0.25, -0.2) is 0 Å². The summed E-state index contributed by atoms with van der Waals surface area (Å²) in [7, 11) is 0. The second kappa shape index (κ2) is 6.93. The van der Waals surface area contributed by atoms with Crippen molar-refractivity contribution >= 4 is 12.0 Å². The fourth-order valence-electron chi connectivity index (χ4n) is 1.73. The number of hydrogen-bond acceptors (Lipinski definition) is 3. The van der Waals surface area contributed by atoms with Crippen LogP contribution < -0.4 is 0 Å². The molecule has 0 aliphatic rings. The monoisotopic (exact) mass is 249 g/mol. The quantitative estimate of drug-likeness (QED) is 0.725. The van der Waals surface area contributed by atoms with Crippen LogP contribution >= 0.6 is 0 Å². The molecule has 0 aliphatic heterocycles. The fraction of sp³-hybridized carbons (Fsp3) is 0.357. The van der Waals surface area contributed by atoms with Crippen molar-refractivity contribution in [3.8, 4) is 0 Å². The summed E-state index contributed by atoms with van der Waals surface area (Å²) in [5.41, 5.74) is 2.03. The highest BCUT2D eigenvalue weighted by atomic mass is 16.4. The first kappa shape index (κ1) is 14.4. The molecule has 0 saturated carbocycles. The molecule has 0 aliphatic carbocycles.